The van der Waals surface area contributed by atoms with Crippen LogP contribution in [-0.2, 0) is 14.2 Å². The highest BCUT2D eigenvalue weighted by Gasteiger charge is 2.39. The number of aliphatic imine (C=N–C) groups is 1. The summed E-state index contributed by atoms with van der Waals surface area (Å²) in [5, 5.41) is 0. The fourth-order valence-electron chi connectivity index (χ4n) is 1.65. The first-order valence-corrected chi connectivity index (χ1v) is 4.39. The summed E-state index contributed by atoms with van der Waals surface area (Å²) in [5.41, 5.74) is 2.11. The molecule has 1 aliphatic carbocycles. The van der Waals surface area contributed by atoms with Gasteiger partial charge in [-0.25, -0.2) is 0 Å². The molecule has 4 heteroatoms. The Balaban J connectivity index is 2.41. The summed E-state index contributed by atoms with van der Waals surface area (Å²) in [7, 11) is 4.78. The number of nitrogens with zero attached hydrogens (tertiary/aromatic N) is 1. The van der Waals surface area contributed by atoms with Crippen molar-refractivity contribution in [3.63, 3.8) is 0 Å². The molecule has 0 aromatic rings. The number of methoxy groups -OCH3 is 3. The first-order valence-electron chi connectivity index (χ1n) is 4.39. The second-order valence-electron chi connectivity index (χ2n) is 3.16. The zero-order valence-corrected chi connectivity index (χ0v) is 8.53. The van der Waals surface area contributed by atoms with Crippen LogP contribution in [0.3, 0.4) is 0 Å². The summed E-state index contributed by atoms with van der Waals surface area (Å²) in [6.07, 6.45) is 3.76. The molecule has 0 radical (unpaired) electrons. The molecule has 0 aromatic carbocycles. The van der Waals surface area contributed by atoms with Gasteiger partial charge >= 0.3 is 0 Å². The van der Waals surface area contributed by atoms with Crippen molar-refractivity contribution in [1.29, 1.82) is 0 Å². The molecule has 0 saturated carbocycles. The third kappa shape index (κ3) is 1.11. The van der Waals surface area contributed by atoms with E-state index in [9.17, 15) is 0 Å². The molecule has 14 heavy (non-hydrogen) atoms. The maximum atomic E-state index is 5.34. The van der Waals surface area contributed by atoms with Crippen LogP contribution < -0.4 is 0 Å². The minimum atomic E-state index is -0.872. The Labute approximate surface area is 82.9 Å². The summed E-state index contributed by atoms with van der Waals surface area (Å²) < 4.78 is 15.9. The Morgan fingerprint density at radius 3 is 2.43 bits per heavy atom. The monoisotopic (exact) mass is 195 g/mol. The van der Waals surface area contributed by atoms with E-state index in [4.69, 9.17) is 14.2 Å². The van der Waals surface area contributed by atoms with Gasteiger partial charge in [0.15, 0.2) is 5.76 Å². The minimum absolute atomic E-state index is 0.629. The van der Waals surface area contributed by atoms with Crippen molar-refractivity contribution in [2.45, 2.75) is 5.79 Å². The van der Waals surface area contributed by atoms with E-state index < -0.39 is 5.79 Å². The van der Waals surface area contributed by atoms with E-state index in [0.717, 1.165) is 17.8 Å². The quantitative estimate of drug-likeness (QED) is 0.628. The van der Waals surface area contributed by atoms with Crippen LogP contribution in [0.5, 0.6) is 0 Å². The molecule has 0 aromatic heterocycles. The SMILES string of the molecule is COC1=CC2=NCC2=CC1(OC)OC. The molecule has 76 valence electrons. The lowest BCUT2D eigenvalue weighted by molar-refractivity contribution is -0.166. The highest BCUT2D eigenvalue weighted by atomic mass is 16.7. The van der Waals surface area contributed by atoms with Crippen LogP contribution in [0.4, 0.5) is 0 Å². The van der Waals surface area contributed by atoms with Gasteiger partial charge in [-0.2, -0.15) is 0 Å². The van der Waals surface area contributed by atoms with E-state index in [2.05, 4.69) is 4.99 Å². The van der Waals surface area contributed by atoms with Gasteiger partial charge < -0.3 is 14.2 Å². The maximum absolute atomic E-state index is 5.34. The first kappa shape index (κ1) is 9.43. The van der Waals surface area contributed by atoms with Crippen molar-refractivity contribution in [3.05, 3.63) is 23.5 Å². The third-order valence-corrected chi connectivity index (χ3v) is 2.55. The number of ether oxygens (including phenoxy) is 3. The Hall–Kier alpha value is -1.13. The molecule has 1 heterocycles. The number of rotatable bonds is 3. The van der Waals surface area contributed by atoms with Gasteiger partial charge in [-0.15, -0.1) is 0 Å². The summed E-state index contributed by atoms with van der Waals surface area (Å²) in [5.74, 6) is -0.242. The Kier molecular flexibility index (Phi) is 2.17. The standard InChI is InChI=1S/C10H13NO3/c1-12-9-4-8-7(6-11-8)5-10(9,13-2)14-3/h4-5H,6H2,1-3H3. The molecular formula is C10H13NO3. The van der Waals surface area contributed by atoms with Crippen molar-refractivity contribution in [2.24, 2.45) is 4.99 Å². The molecule has 0 spiro atoms. The van der Waals surface area contributed by atoms with Gasteiger partial charge in [-0.3, -0.25) is 4.99 Å². The van der Waals surface area contributed by atoms with E-state index in [0.29, 0.717) is 5.76 Å². The molecule has 4 nitrogen and oxygen atoms in total. The molecule has 0 bridgehead atoms. The lowest BCUT2D eigenvalue weighted by atomic mass is 9.94. The van der Waals surface area contributed by atoms with Crippen molar-refractivity contribution in [2.75, 3.05) is 27.9 Å². The summed E-state index contributed by atoms with van der Waals surface area (Å²) in [6, 6.07) is 0. The Bertz CT molecular complexity index is 337. The normalized spacial score (nSPS) is 22.6. The molecule has 2 aliphatic rings. The number of hydrogen-bond acceptors (Lipinski definition) is 4. The third-order valence-electron chi connectivity index (χ3n) is 2.55. The van der Waals surface area contributed by atoms with E-state index in [1.54, 1.807) is 21.3 Å². The molecule has 1 aliphatic heterocycles. The fourth-order valence-corrected chi connectivity index (χ4v) is 1.65. The van der Waals surface area contributed by atoms with Crippen LogP contribution in [0, 0.1) is 0 Å². The first-order chi connectivity index (χ1) is 6.75. The molecule has 2 rings (SSSR count). The van der Waals surface area contributed by atoms with Crippen LogP contribution in [0.1, 0.15) is 0 Å². The maximum Gasteiger partial charge on any atom is 0.248 e. The van der Waals surface area contributed by atoms with Gasteiger partial charge in [0.05, 0.1) is 19.4 Å². The predicted molar refractivity (Wildman–Crippen MR) is 52.2 cm³/mol. The van der Waals surface area contributed by atoms with Crippen molar-refractivity contribution < 1.29 is 14.2 Å². The van der Waals surface area contributed by atoms with Gasteiger partial charge in [-0.05, 0) is 6.08 Å². The van der Waals surface area contributed by atoms with Gasteiger partial charge in [0.2, 0.25) is 5.79 Å². The molecule has 0 fully saturated rings. The zero-order chi connectivity index (χ0) is 10.2. The smallest absolute Gasteiger partial charge is 0.248 e. The average Bonchev–Trinajstić information content (AvgIpc) is 2.20. The van der Waals surface area contributed by atoms with Gasteiger partial charge in [0.1, 0.15) is 0 Å². The predicted octanol–water partition coefficient (Wildman–Crippen LogP) is 0.900. The van der Waals surface area contributed by atoms with Crippen LogP contribution in [-0.4, -0.2) is 39.4 Å². The van der Waals surface area contributed by atoms with Crippen molar-refractivity contribution in [3.8, 4) is 0 Å². The Morgan fingerprint density at radius 2 is 2.00 bits per heavy atom. The number of fused-ring (bicyclic) bond motifs is 1. The highest BCUT2D eigenvalue weighted by Crippen LogP contribution is 2.33. The van der Waals surface area contributed by atoms with Crippen LogP contribution in [0.2, 0.25) is 0 Å². The van der Waals surface area contributed by atoms with E-state index in [-0.39, 0.29) is 0 Å². The second-order valence-corrected chi connectivity index (χ2v) is 3.16. The molecular weight excluding hydrogens is 182 g/mol. The van der Waals surface area contributed by atoms with E-state index >= 15 is 0 Å². The van der Waals surface area contributed by atoms with Crippen LogP contribution in [0.15, 0.2) is 28.5 Å². The number of hydrogen-bond donors (Lipinski definition) is 0. The summed E-state index contributed by atoms with van der Waals surface area (Å²) in [6.45, 7) is 0.733. The van der Waals surface area contributed by atoms with E-state index in [1.165, 1.54) is 0 Å². The second kappa shape index (κ2) is 3.22. The van der Waals surface area contributed by atoms with E-state index in [1.807, 2.05) is 12.2 Å². The number of allylic oxidation sites excluding steroid dienone is 1. The van der Waals surface area contributed by atoms with Gasteiger partial charge in [-0.1, -0.05) is 0 Å². The lowest BCUT2D eigenvalue weighted by Crippen LogP contribution is -2.40. The largest absolute Gasteiger partial charge is 0.495 e. The van der Waals surface area contributed by atoms with Crippen molar-refractivity contribution >= 4 is 5.71 Å². The van der Waals surface area contributed by atoms with Gasteiger partial charge in [0.25, 0.3) is 0 Å². The topological polar surface area (TPSA) is 40.0 Å². The molecule has 0 amide bonds. The molecule has 0 saturated heterocycles. The molecule has 0 N–H and O–H groups in total. The van der Waals surface area contributed by atoms with Gasteiger partial charge in [0, 0.05) is 25.9 Å². The molecule has 0 unspecified atom stereocenters. The lowest BCUT2D eigenvalue weighted by Gasteiger charge is -2.34. The highest BCUT2D eigenvalue weighted by molar-refractivity contribution is 6.14. The van der Waals surface area contributed by atoms with Crippen LogP contribution in [0.25, 0.3) is 0 Å². The van der Waals surface area contributed by atoms with Crippen molar-refractivity contribution in [1.82, 2.24) is 0 Å². The summed E-state index contributed by atoms with van der Waals surface area (Å²) in [4.78, 5) is 4.20. The summed E-state index contributed by atoms with van der Waals surface area (Å²) >= 11 is 0. The minimum Gasteiger partial charge on any atom is -0.495 e. The zero-order valence-electron chi connectivity index (χ0n) is 8.53. The Morgan fingerprint density at radius 1 is 1.29 bits per heavy atom. The fraction of sp³-hybridized carbons (Fsp3) is 0.500. The molecule has 0 atom stereocenters. The van der Waals surface area contributed by atoms with Crippen LogP contribution >= 0.6 is 0 Å². The average molecular weight is 195 g/mol.